The Hall–Kier alpha value is -3.53. The third-order valence-corrected chi connectivity index (χ3v) is 5.24. The SMILES string of the molecule is Cl.Nc1ccc(-c2cc(N)n(-c3ccc(Oc4ccccc4)c(S(=O)(=O)O)c3)n2)cc1. The van der Waals surface area contributed by atoms with E-state index in [9.17, 15) is 13.0 Å². The van der Waals surface area contributed by atoms with Gasteiger partial charge in [-0.05, 0) is 42.5 Å². The van der Waals surface area contributed by atoms with Gasteiger partial charge in [0.2, 0.25) is 0 Å². The number of rotatable bonds is 5. The molecule has 0 fully saturated rings. The van der Waals surface area contributed by atoms with Crippen molar-refractivity contribution in [1.82, 2.24) is 9.78 Å². The van der Waals surface area contributed by atoms with Gasteiger partial charge >= 0.3 is 0 Å². The molecule has 10 heteroatoms. The average molecular weight is 459 g/mol. The summed E-state index contributed by atoms with van der Waals surface area (Å²) in [6.45, 7) is 0. The van der Waals surface area contributed by atoms with Crippen LogP contribution in [0.5, 0.6) is 11.5 Å². The van der Waals surface area contributed by atoms with E-state index in [0.29, 0.717) is 28.6 Å². The fraction of sp³-hybridized carbons (Fsp3) is 0. The highest BCUT2D eigenvalue weighted by molar-refractivity contribution is 7.86. The zero-order valence-corrected chi connectivity index (χ0v) is 17.7. The highest BCUT2D eigenvalue weighted by Gasteiger charge is 2.20. The first-order chi connectivity index (χ1) is 14.3. The van der Waals surface area contributed by atoms with Crippen LogP contribution in [-0.2, 0) is 10.1 Å². The molecule has 0 saturated heterocycles. The van der Waals surface area contributed by atoms with Crippen molar-refractivity contribution in [3.05, 3.63) is 78.9 Å². The molecular formula is C21H19ClN4O4S. The monoisotopic (exact) mass is 458 g/mol. The normalized spacial score (nSPS) is 11.0. The predicted octanol–water partition coefficient (Wildman–Crippen LogP) is 4.16. The molecule has 0 aliphatic heterocycles. The van der Waals surface area contributed by atoms with Crippen molar-refractivity contribution in [2.45, 2.75) is 4.90 Å². The van der Waals surface area contributed by atoms with E-state index in [0.717, 1.165) is 5.56 Å². The second kappa shape index (κ2) is 8.68. The molecule has 31 heavy (non-hydrogen) atoms. The molecule has 1 aromatic heterocycles. The molecule has 0 unspecified atom stereocenters. The van der Waals surface area contributed by atoms with Crippen molar-refractivity contribution in [1.29, 1.82) is 0 Å². The minimum absolute atomic E-state index is 0. The molecule has 0 atom stereocenters. The third kappa shape index (κ3) is 4.80. The summed E-state index contributed by atoms with van der Waals surface area (Å²) in [7, 11) is -4.57. The van der Waals surface area contributed by atoms with Gasteiger partial charge in [0.25, 0.3) is 10.1 Å². The summed E-state index contributed by atoms with van der Waals surface area (Å²) in [5, 5.41) is 4.45. The Balaban J connectivity index is 0.00000272. The summed E-state index contributed by atoms with van der Waals surface area (Å²) in [6.07, 6.45) is 0. The highest BCUT2D eigenvalue weighted by Crippen LogP contribution is 2.32. The van der Waals surface area contributed by atoms with Crippen LogP contribution in [0.2, 0.25) is 0 Å². The summed E-state index contributed by atoms with van der Waals surface area (Å²) in [5.74, 6) is 0.705. The number of ether oxygens (including phenoxy) is 1. The molecule has 0 aliphatic rings. The van der Waals surface area contributed by atoms with Crippen molar-refractivity contribution in [3.63, 3.8) is 0 Å². The van der Waals surface area contributed by atoms with Crippen LogP contribution >= 0.6 is 12.4 Å². The average Bonchev–Trinajstić information content (AvgIpc) is 3.10. The van der Waals surface area contributed by atoms with E-state index in [1.54, 1.807) is 54.6 Å². The lowest BCUT2D eigenvalue weighted by Gasteiger charge is -2.12. The van der Waals surface area contributed by atoms with Gasteiger partial charge in [-0.15, -0.1) is 12.4 Å². The fourth-order valence-electron chi connectivity index (χ4n) is 2.93. The largest absolute Gasteiger partial charge is 0.456 e. The second-order valence-electron chi connectivity index (χ2n) is 6.51. The highest BCUT2D eigenvalue weighted by atomic mass is 35.5. The topological polar surface area (TPSA) is 133 Å². The Bertz CT molecular complexity index is 1310. The lowest BCUT2D eigenvalue weighted by molar-refractivity contribution is 0.450. The van der Waals surface area contributed by atoms with Gasteiger partial charge < -0.3 is 16.2 Å². The summed E-state index contributed by atoms with van der Waals surface area (Å²) < 4.78 is 40.7. The second-order valence-corrected chi connectivity index (χ2v) is 7.90. The van der Waals surface area contributed by atoms with Crippen molar-refractivity contribution in [2.75, 3.05) is 11.5 Å². The Morgan fingerprint density at radius 2 is 1.58 bits per heavy atom. The first-order valence-corrected chi connectivity index (χ1v) is 10.3. The van der Waals surface area contributed by atoms with Crippen LogP contribution in [0.4, 0.5) is 11.5 Å². The maximum absolute atomic E-state index is 12.0. The van der Waals surface area contributed by atoms with Crippen LogP contribution in [0.25, 0.3) is 16.9 Å². The van der Waals surface area contributed by atoms with Gasteiger partial charge in [0.1, 0.15) is 22.2 Å². The molecule has 160 valence electrons. The minimum atomic E-state index is -4.57. The van der Waals surface area contributed by atoms with Crippen LogP contribution < -0.4 is 16.2 Å². The van der Waals surface area contributed by atoms with E-state index in [-0.39, 0.29) is 18.2 Å². The van der Waals surface area contributed by atoms with Crippen molar-refractivity contribution >= 4 is 34.0 Å². The van der Waals surface area contributed by atoms with E-state index < -0.39 is 15.0 Å². The van der Waals surface area contributed by atoms with E-state index >= 15 is 0 Å². The first-order valence-electron chi connectivity index (χ1n) is 8.87. The number of nitrogen functional groups attached to an aromatic ring is 2. The molecule has 0 bridgehead atoms. The van der Waals surface area contributed by atoms with Gasteiger partial charge in [-0.3, -0.25) is 4.55 Å². The Kier molecular flexibility index (Phi) is 6.21. The summed E-state index contributed by atoms with van der Waals surface area (Å²) in [4.78, 5) is -0.396. The third-order valence-electron chi connectivity index (χ3n) is 4.36. The molecular weight excluding hydrogens is 440 g/mol. The van der Waals surface area contributed by atoms with Gasteiger partial charge in [-0.25, -0.2) is 4.68 Å². The van der Waals surface area contributed by atoms with Crippen molar-refractivity contribution in [3.8, 4) is 28.4 Å². The van der Waals surface area contributed by atoms with E-state index in [1.165, 1.54) is 16.8 Å². The number of nitrogens with zero attached hydrogens (tertiary/aromatic N) is 2. The van der Waals surface area contributed by atoms with Gasteiger partial charge in [-0.1, -0.05) is 30.3 Å². The molecule has 4 aromatic rings. The smallest absolute Gasteiger partial charge is 0.298 e. The Morgan fingerprint density at radius 3 is 2.23 bits per heavy atom. The number of para-hydroxylation sites is 1. The van der Waals surface area contributed by atoms with Crippen LogP contribution in [0.3, 0.4) is 0 Å². The molecule has 0 spiro atoms. The first kappa shape index (κ1) is 22.2. The minimum Gasteiger partial charge on any atom is -0.456 e. The molecule has 8 nitrogen and oxygen atoms in total. The number of hydrogen-bond acceptors (Lipinski definition) is 6. The zero-order valence-electron chi connectivity index (χ0n) is 16.0. The lowest BCUT2D eigenvalue weighted by atomic mass is 10.1. The zero-order chi connectivity index (χ0) is 21.3. The summed E-state index contributed by atoms with van der Waals surface area (Å²) in [6, 6.07) is 21.7. The number of hydrogen-bond donors (Lipinski definition) is 3. The quantitative estimate of drug-likeness (QED) is 0.302. The van der Waals surface area contributed by atoms with Crippen LogP contribution in [0, 0.1) is 0 Å². The van der Waals surface area contributed by atoms with E-state index in [2.05, 4.69) is 5.10 Å². The summed E-state index contributed by atoms with van der Waals surface area (Å²) >= 11 is 0. The van der Waals surface area contributed by atoms with Gasteiger partial charge in [0.05, 0.1) is 11.4 Å². The predicted molar refractivity (Wildman–Crippen MR) is 121 cm³/mol. The Morgan fingerprint density at radius 1 is 0.903 bits per heavy atom. The number of benzene rings is 3. The van der Waals surface area contributed by atoms with E-state index in [1.807, 2.05) is 12.1 Å². The van der Waals surface area contributed by atoms with Crippen LogP contribution in [0.15, 0.2) is 83.8 Å². The summed E-state index contributed by atoms with van der Waals surface area (Å²) in [5.41, 5.74) is 14.2. The molecule has 5 N–H and O–H groups in total. The molecule has 3 aromatic carbocycles. The molecule has 0 saturated carbocycles. The maximum Gasteiger partial charge on any atom is 0.298 e. The van der Waals surface area contributed by atoms with Gasteiger partial charge in [0.15, 0.2) is 0 Å². The molecule has 0 aliphatic carbocycles. The fourth-order valence-corrected chi connectivity index (χ4v) is 3.56. The molecule has 4 rings (SSSR count). The Labute approximate surface area is 185 Å². The maximum atomic E-state index is 12.0. The van der Waals surface area contributed by atoms with Crippen molar-refractivity contribution < 1.29 is 17.7 Å². The number of aromatic nitrogens is 2. The van der Waals surface area contributed by atoms with Crippen molar-refractivity contribution in [2.24, 2.45) is 0 Å². The number of halogens is 1. The number of anilines is 2. The molecule has 0 radical (unpaired) electrons. The van der Waals surface area contributed by atoms with Crippen LogP contribution in [-0.4, -0.2) is 22.8 Å². The standard InChI is InChI=1S/C21H18N4O4S.ClH/c22-15-8-6-14(7-9-15)18-13-21(23)25(24-18)16-10-11-19(20(12-16)30(26,27)28)29-17-4-2-1-3-5-17;/h1-13H,22-23H2,(H,26,27,28);1H. The molecule has 0 amide bonds. The van der Waals surface area contributed by atoms with Gasteiger partial charge in [0, 0.05) is 17.3 Å². The number of nitrogens with two attached hydrogens (primary N) is 2. The lowest BCUT2D eigenvalue weighted by Crippen LogP contribution is -2.06. The van der Waals surface area contributed by atoms with Gasteiger partial charge in [-0.2, -0.15) is 13.5 Å². The molecule has 1 heterocycles. The van der Waals surface area contributed by atoms with Crippen LogP contribution in [0.1, 0.15) is 0 Å². The van der Waals surface area contributed by atoms with E-state index in [4.69, 9.17) is 16.2 Å².